The maximum Gasteiger partial charge on any atom is 0.158 e. The van der Waals surface area contributed by atoms with Gasteiger partial charge in [0.05, 0.1) is 0 Å². The highest BCUT2D eigenvalue weighted by atomic mass is 32.2. The normalized spacial score (nSPS) is 10.3. The van der Waals surface area contributed by atoms with E-state index in [1.54, 1.807) is 0 Å². The Morgan fingerprint density at radius 2 is 1.06 bits per heavy atom. The summed E-state index contributed by atoms with van der Waals surface area (Å²) in [4.78, 5) is 1.17. The van der Waals surface area contributed by atoms with E-state index in [4.69, 9.17) is 0 Å². The molecule has 0 saturated carbocycles. The summed E-state index contributed by atoms with van der Waals surface area (Å²) in [6.07, 6.45) is 0. The summed E-state index contributed by atoms with van der Waals surface area (Å²) < 4.78 is 12.4. The molecule has 0 saturated heterocycles. The van der Waals surface area contributed by atoms with E-state index in [2.05, 4.69) is 13.2 Å². The minimum atomic E-state index is -1.30. The summed E-state index contributed by atoms with van der Waals surface area (Å²) in [5, 5.41) is 0. The molecule has 18 heavy (non-hydrogen) atoms. The molecule has 0 spiro atoms. The van der Waals surface area contributed by atoms with Crippen molar-refractivity contribution in [2.24, 2.45) is 0 Å². The fraction of sp³-hybridized carbons (Fsp3) is 0. The van der Waals surface area contributed by atoms with E-state index in [9.17, 15) is 4.55 Å². The Labute approximate surface area is 111 Å². The Bertz CT molecular complexity index is 494. The second kappa shape index (κ2) is 5.71. The molecule has 0 heterocycles. The van der Waals surface area contributed by atoms with Crippen molar-refractivity contribution in [3.05, 3.63) is 84.9 Å². The molecule has 2 aromatic carbocycles. The van der Waals surface area contributed by atoms with Gasteiger partial charge in [0.2, 0.25) is 0 Å². The van der Waals surface area contributed by atoms with Crippen LogP contribution >= 0.6 is 0 Å². The lowest BCUT2D eigenvalue weighted by molar-refractivity contribution is 0.614. The van der Waals surface area contributed by atoms with Crippen LogP contribution in [0.4, 0.5) is 0 Å². The van der Waals surface area contributed by atoms with Gasteiger partial charge in [0.15, 0.2) is 9.81 Å². The molecule has 0 radical (unpaired) electrons. The molecule has 0 aliphatic rings. The average Bonchev–Trinajstić information content (AvgIpc) is 2.47. The summed E-state index contributed by atoms with van der Waals surface area (Å²) in [6, 6.07) is 19.1. The highest BCUT2D eigenvalue weighted by Crippen LogP contribution is 2.29. The molecule has 0 bridgehead atoms. The van der Waals surface area contributed by atoms with Crippen LogP contribution in [0, 0.1) is 0 Å². The third kappa shape index (κ3) is 2.73. The third-order valence-corrected chi connectivity index (χ3v) is 4.01. The number of rotatable bonds is 4. The van der Waals surface area contributed by atoms with E-state index < -0.39 is 11.2 Å². The Morgan fingerprint density at radius 1 is 0.722 bits per heavy atom. The van der Waals surface area contributed by atoms with Gasteiger partial charge in [0, 0.05) is 22.3 Å². The lowest BCUT2D eigenvalue weighted by Gasteiger charge is -2.14. The summed E-state index contributed by atoms with van der Waals surface area (Å²) in [5.41, 5.74) is 1.76. The maximum absolute atomic E-state index is 12.4. The van der Waals surface area contributed by atoms with Crippen molar-refractivity contribution in [3.63, 3.8) is 0 Å². The van der Waals surface area contributed by atoms with Gasteiger partial charge < -0.3 is 4.55 Å². The Morgan fingerprint density at radius 3 is 1.39 bits per heavy atom. The molecule has 0 fully saturated rings. The molecule has 0 aliphatic heterocycles. The standard InChI is InChI=1S/C16H14OS/c1-13(15-9-5-3-6-10-15)18(17)14(2)16-11-7-4-8-12-16/h3-12H,1-2H2. The molecule has 0 N–H and O–H groups in total. The van der Waals surface area contributed by atoms with E-state index in [1.807, 2.05) is 60.7 Å². The molecule has 2 heteroatoms. The van der Waals surface area contributed by atoms with Gasteiger partial charge >= 0.3 is 0 Å². The molecule has 0 atom stereocenters. The Kier molecular flexibility index (Phi) is 4.03. The van der Waals surface area contributed by atoms with Gasteiger partial charge in [-0.3, -0.25) is 0 Å². The zero-order valence-electron chi connectivity index (χ0n) is 10.0. The van der Waals surface area contributed by atoms with Crippen LogP contribution in [0.2, 0.25) is 0 Å². The van der Waals surface area contributed by atoms with Gasteiger partial charge in [-0.25, -0.2) is 0 Å². The van der Waals surface area contributed by atoms with Crippen LogP contribution in [0.15, 0.2) is 73.8 Å². The van der Waals surface area contributed by atoms with Crippen LogP contribution in [0.25, 0.3) is 9.81 Å². The first-order valence-corrected chi connectivity index (χ1v) is 6.75. The van der Waals surface area contributed by atoms with E-state index in [-0.39, 0.29) is 0 Å². The van der Waals surface area contributed by atoms with Crippen molar-refractivity contribution >= 4 is 21.0 Å². The summed E-state index contributed by atoms with van der Waals surface area (Å²) >= 11 is -1.30. The van der Waals surface area contributed by atoms with Crippen molar-refractivity contribution in [3.8, 4) is 0 Å². The van der Waals surface area contributed by atoms with Crippen LogP contribution in [0.5, 0.6) is 0 Å². The molecule has 0 aliphatic carbocycles. The highest BCUT2D eigenvalue weighted by Gasteiger charge is 2.20. The second-order valence-corrected chi connectivity index (χ2v) is 5.37. The Balaban J connectivity index is 2.20. The second-order valence-electron chi connectivity index (χ2n) is 3.85. The molecule has 2 aromatic rings. The number of benzene rings is 2. The molecule has 90 valence electrons. The zero-order valence-corrected chi connectivity index (χ0v) is 10.8. The minimum absolute atomic E-state index is 0.587. The number of hydrogen-bond acceptors (Lipinski definition) is 1. The Hall–Kier alpha value is -1.77. The van der Waals surface area contributed by atoms with Gasteiger partial charge in [0.1, 0.15) is 0 Å². The van der Waals surface area contributed by atoms with Crippen molar-refractivity contribution in [1.29, 1.82) is 0 Å². The van der Waals surface area contributed by atoms with E-state index in [0.29, 0.717) is 9.81 Å². The first kappa shape index (κ1) is 12.7. The molecule has 2 rings (SSSR count). The van der Waals surface area contributed by atoms with Gasteiger partial charge in [-0.2, -0.15) is 0 Å². The highest BCUT2D eigenvalue weighted by molar-refractivity contribution is 8.08. The van der Waals surface area contributed by atoms with E-state index >= 15 is 0 Å². The first-order valence-electron chi connectivity index (χ1n) is 5.60. The van der Waals surface area contributed by atoms with Crippen molar-refractivity contribution in [2.45, 2.75) is 0 Å². The molecule has 0 amide bonds. The van der Waals surface area contributed by atoms with Crippen LogP contribution in [-0.4, -0.2) is 4.55 Å². The van der Waals surface area contributed by atoms with Gasteiger partial charge in [0.25, 0.3) is 0 Å². The molecule has 0 unspecified atom stereocenters. The van der Waals surface area contributed by atoms with Gasteiger partial charge in [-0.05, 0) is 37.4 Å². The zero-order chi connectivity index (χ0) is 13.0. The van der Waals surface area contributed by atoms with Gasteiger partial charge in [-0.1, -0.05) is 36.4 Å². The van der Waals surface area contributed by atoms with Crippen molar-refractivity contribution in [2.75, 3.05) is 0 Å². The first-order chi connectivity index (χ1) is 8.70. The van der Waals surface area contributed by atoms with Crippen LogP contribution in [-0.2, 0) is 11.2 Å². The molecule has 0 aromatic heterocycles. The fourth-order valence-corrected chi connectivity index (χ4v) is 2.61. The molecular formula is C16H14OS. The van der Waals surface area contributed by atoms with Gasteiger partial charge in [-0.15, -0.1) is 0 Å². The van der Waals surface area contributed by atoms with Crippen molar-refractivity contribution < 1.29 is 4.55 Å². The fourth-order valence-electron chi connectivity index (χ4n) is 1.61. The number of hydrogen-bond donors (Lipinski definition) is 0. The minimum Gasteiger partial charge on any atom is -0.606 e. The summed E-state index contributed by atoms with van der Waals surface area (Å²) in [7, 11) is 0. The predicted octanol–water partition coefficient (Wildman–Crippen LogP) is 4.08. The van der Waals surface area contributed by atoms with Crippen LogP contribution in [0.3, 0.4) is 0 Å². The van der Waals surface area contributed by atoms with Crippen LogP contribution < -0.4 is 0 Å². The van der Waals surface area contributed by atoms with E-state index in [0.717, 1.165) is 11.1 Å². The van der Waals surface area contributed by atoms with Crippen molar-refractivity contribution in [1.82, 2.24) is 0 Å². The molecular weight excluding hydrogens is 240 g/mol. The van der Waals surface area contributed by atoms with Crippen LogP contribution in [0.1, 0.15) is 11.1 Å². The quantitative estimate of drug-likeness (QED) is 0.754. The van der Waals surface area contributed by atoms with E-state index in [1.165, 1.54) is 0 Å². The smallest absolute Gasteiger partial charge is 0.158 e. The third-order valence-electron chi connectivity index (χ3n) is 2.64. The lowest BCUT2D eigenvalue weighted by Crippen LogP contribution is -2.04. The largest absolute Gasteiger partial charge is 0.606 e. The summed E-state index contributed by atoms with van der Waals surface area (Å²) in [6.45, 7) is 7.82. The topological polar surface area (TPSA) is 23.1 Å². The lowest BCUT2D eigenvalue weighted by atomic mass is 10.2. The average molecular weight is 254 g/mol. The SMILES string of the molecule is C=C(c1ccccc1)[S+]([O-])C(=C)c1ccccc1. The monoisotopic (exact) mass is 254 g/mol. The predicted molar refractivity (Wildman–Crippen MR) is 79.1 cm³/mol. The molecule has 1 nitrogen and oxygen atoms in total. The summed E-state index contributed by atoms with van der Waals surface area (Å²) in [5.74, 6) is 0. The maximum atomic E-state index is 12.4.